The van der Waals surface area contributed by atoms with Crippen LogP contribution in [0.4, 0.5) is 0 Å². The van der Waals surface area contributed by atoms with Gasteiger partial charge in [-0.15, -0.1) is 0 Å². The Morgan fingerprint density at radius 2 is 0.857 bits per heavy atom. The lowest BCUT2D eigenvalue weighted by atomic mass is 9.86. The van der Waals surface area contributed by atoms with Crippen molar-refractivity contribution in [2.45, 2.75) is 48.5 Å². The molecule has 0 aromatic heterocycles. The van der Waals surface area contributed by atoms with Crippen LogP contribution in [0.3, 0.4) is 0 Å². The van der Waals surface area contributed by atoms with E-state index in [1.807, 2.05) is 0 Å². The highest BCUT2D eigenvalue weighted by Gasteiger charge is 2.16. The lowest BCUT2D eigenvalue weighted by Gasteiger charge is -2.20. The van der Waals surface area contributed by atoms with Crippen LogP contribution in [-0.2, 0) is 9.59 Å². The van der Waals surface area contributed by atoms with Crippen LogP contribution in [0.5, 0.6) is 0 Å². The second kappa shape index (κ2) is 6.55. The first-order chi connectivity index (χ1) is 9.70. The molecule has 0 saturated heterocycles. The average Bonchev–Trinajstić information content (AvgIpc) is 2.45. The molecule has 0 saturated carbocycles. The fraction of sp³-hybridized carbons (Fsp3) is 0.389. The summed E-state index contributed by atoms with van der Waals surface area (Å²) < 4.78 is 1.26. The summed E-state index contributed by atoms with van der Waals surface area (Å²) in [4.78, 5) is 16.2. The molecular weight excluding hydrogens is 328 g/mol. The first-order valence-corrected chi connectivity index (χ1v) is 7.64. The molecule has 0 fully saturated rings. The fourth-order valence-corrected chi connectivity index (χ4v) is 3.49. The standard InChI is InChI=1S/C17H21Br.CO2/c1-8-9(2)11(4)16-14(7)17(18)13(6)12(5)15(16)10(8)3;2-1-3/h1-7H3;. The quantitative estimate of drug-likeness (QED) is 0.657. The van der Waals surface area contributed by atoms with E-state index in [4.69, 9.17) is 9.59 Å². The van der Waals surface area contributed by atoms with Crippen molar-refractivity contribution in [1.82, 2.24) is 0 Å². The second-order valence-corrected chi connectivity index (χ2v) is 6.32. The number of carbonyl (C=O) groups excluding carboxylic acids is 2. The number of hydrogen-bond acceptors (Lipinski definition) is 2. The van der Waals surface area contributed by atoms with E-state index in [2.05, 4.69) is 64.4 Å². The molecule has 0 unspecified atom stereocenters. The molecule has 0 amide bonds. The zero-order valence-electron chi connectivity index (χ0n) is 13.7. The number of halogens is 1. The van der Waals surface area contributed by atoms with Crippen LogP contribution in [-0.4, -0.2) is 6.15 Å². The summed E-state index contributed by atoms with van der Waals surface area (Å²) in [6, 6.07) is 0. The first-order valence-electron chi connectivity index (χ1n) is 6.85. The number of benzene rings is 2. The van der Waals surface area contributed by atoms with Gasteiger partial charge in [-0.2, -0.15) is 9.59 Å². The maximum atomic E-state index is 8.12. The van der Waals surface area contributed by atoms with E-state index in [1.54, 1.807) is 0 Å². The van der Waals surface area contributed by atoms with Crippen LogP contribution in [0.25, 0.3) is 10.8 Å². The van der Waals surface area contributed by atoms with Gasteiger partial charge in [-0.05, 0) is 98.2 Å². The molecule has 0 aliphatic carbocycles. The molecule has 0 atom stereocenters. The maximum Gasteiger partial charge on any atom is 0.373 e. The Morgan fingerprint density at radius 3 is 1.24 bits per heavy atom. The van der Waals surface area contributed by atoms with Crippen LogP contribution in [0.1, 0.15) is 38.9 Å². The molecule has 0 bridgehead atoms. The number of fused-ring (bicyclic) bond motifs is 1. The minimum atomic E-state index is 0.250. The first kappa shape index (κ1) is 17.6. The van der Waals surface area contributed by atoms with Gasteiger partial charge in [-0.1, -0.05) is 15.9 Å². The summed E-state index contributed by atoms with van der Waals surface area (Å²) in [6.45, 7) is 15.6. The van der Waals surface area contributed by atoms with Crippen molar-refractivity contribution >= 4 is 32.9 Å². The number of rotatable bonds is 0. The molecule has 2 nitrogen and oxygen atoms in total. The monoisotopic (exact) mass is 348 g/mol. The van der Waals surface area contributed by atoms with Gasteiger partial charge < -0.3 is 0 Å². The number of aryl methyl sites for hydroxylation is 4. The fourth-order valence-electron chi connectivity index (χ4n) is 2.99. The summed E-state index contributed by atoms with van der Waals surface area (Å²) in [5.74, 6) is 0. The van der Waals surface area contributed by atoms with Gasteiger partial charge in [0, 0.05) is 4.47 Å². The van der Waals surface area contributed by atoms with Crippen molar-refractivity contribution in [1.29, 1.82) is 0 Å². The maximum absolute atomic E-state index is 8.12. The molecule has 0 heterocycles. The van der Waals surface area contributed by atoms with E-state index >= 15 is 0 Å². The van der Waals surface area contributed by atoms with E-state index in [1.165, 1.54) is 54.2 Å². The molecule has 3 heteroatoms. The van der Waals surface area contributed by atoms with Crippen molar-refractivity contribution in [3.05, 3.63) is 43.4 Å². The van der Waals surface area contributed by atoms with Gasteiger partial charge in [0.15, 0.2) is 0 Å². The largest absolute Gasteiger partial charge is 0.373 e. The molecule has 2 aromatic carbocycles. The predicted octanol–water partition coefficient (Wildman–Crippen LogP) is 5.18. The molecule has 0 aliphatic heterocycles. The lowest BCUT2D eigenvalue weighted by molar-refractivity contribution is -0.191. The number of hydrogen-bond donors (Lipinski definition) is 0. The molecule has 112 valence electrons. The van der Waals surface area contributed by atoms with Crippen molar-refractivity contribution in [3.63, 3.8) is 0 Å². The summed E-state index contributed by atoms with van der Waals surface area (Å²) in [7, 11) is 0. The second-order valence-electron chi connectivity index (χ2n) is 5.52. The van der Waals surface area contributed by atoms with Gasteiger partial charge in [0.25, 0.3) is 0 Å². The molecule has 0 radical (unpaired) electrons. The van der Waals surface area contributed by atoms with Gasteiger partial charge >= 0.3 is 6.15 Å². The molecule has 2 aromatic rings. The highest BCUT2D eigenvalue weighted by Crippen LogP contribution is 2.38. The van der Waals surface area contributed by atoms with Gasteiger partial charge in [-0.3, -0.25) is 0 Å². The van der Waals surface area contributed by atoms with Crippen LogP contribution in [0, 0.1) is 48.5 Å². The predicted molar refractivity (Wildman–Crippen MR) is 89.8 cm³/mol. The van der Waals surface area contributed by atoms with Crippen LogP contribution in [0.2, 0.25) is 0 Å². The third-order valence-electron chi connectivity index (χ3n) is 4.66. The van der Waals surface area contributed by atoms with Crippen molar-refractivity contribution in [2.75, 3.05) is 0 Å². The molecule has 0 aliphatic rings. The smallest absolute Gasteiger partial charge is 0.186 e. The Labute approximate surface area is 134 Å². The molecule has 2 rings (SSSR count). The zero-order valence-corrected chi connectivity index (χ0v) is 15.3. The molecular formula is C18H21BrO2. The molecule has 21 heavy (non-hydrogen) atoms. The normalized spacial score (nSPS) is 10.1. The van der Waals surface area contributed by atoms with E-state index in [0.717, 1.165) is 0 Å². The molecule has 0 N–H and O–H groups in total. The Kier molecular flexibility index (Phi) is 5.49. The summed E-state index contributed by atoms with van der Waals surface area (Å²) in [6.07, 6.45) is 0.250. The van der Waals surface area contributed by atoms with Crippen molar-refractivity contribution in [3.8, 4) is 0 Å². The SMILES string of the molecule is Cc1c(C)c(C)c2c(C)c(Br)c(C)c(C)c2c1C.O=C=O. The third-order valence-corrected chi connectivity index (χ3v) is 5.85. The van der Waals surface area contributed by atoms with E-state index in [-0.39, 0.29) is 6.15 Å². The van der Waals surface area contributed by atoms with Gasteiger partial charge in [0.2, 0.25) is 0 Å². The van der Waals surface area contributed by atoms with Crippen LogP contribution < -0.4 is 0 Å². The summed E-state index contributed by atoms with van der Waals surface area (Å²) in [5, 5.41) is 2.89. The highest BCUT2D eigenvalue weighted by atomic mass is 79.9. The summed E-state index contributed by atoms with van der Waals surface area (Å²) >= 11 is 3.75. The minimum Gasteiger partial charge on any atom is -0.186 e. The zero-order chi connectivity index (χ0) is 16.5. The van der Waals surface area contributed by atoms with Crippen LogP contribution >= 0.6 is 15.9 Å². The minimum absolute atomic E-state index is 0.250. The highest BCUT2D eigenvalue weighted by molar-refractivity contribution is 9.10. The molecule has 0 spiro atoms. The Morgan fingerprint density at radius 1 is 0.571 bits per heavy atom. The Balaban J connectivity index is 0.000000677. The topological polar surface area (TPSA) is 34.1 Å². The van der Waals surface area contributed by atoms with Gasteiger partial charge in [0.05, 0.1) is 0 Å². The van der Waals surface area contributed by atoms with Crippen molar-refractivity contribution in [2.24, 2.45) is 0 Å². The Hall–Kier alpha value is -1.44. The van der Waals surface area contributed by atoms with E-state index in [0.29, 0.717) is 0 Å². The van der Waals surface area contributed by atoms with E-state index < -0.39 is 0 Å². The van der Waals surface area contributed by atoms with E-state index in [9.17, 15) is 0 Å². The van der Waals surface area contributed by atoms with Crippen LogP contribution in [0.15, 0.2) is 4.47 Å². The third kappa shape index (κ3) is 2.81. The lowest BCUT2D eigenvalue weighted by Crippen LogP contribution is -2.00. The van der Waals surface area contributed by atoms with Gasteiger partial charge in [-0.25, -0.2) is 0 Å². The summed E-state index contributed by atoms with van der Waals surface area (Å²) in [5.41, 5.74) is 9.87. The van der Waals surface area contributed by atoms with Crippen molar-refractivity contribution < 1.29 is 9.59 Å². The Bertz CT molecular complexity index is 639. The average molecular weight is 349 g/mol. The van der Waals surface area contributed by atoms with Gasteiger partial charge in [0.1, 0.15) is 0 Å².